The first kappa shape index (κ1) is 18.4. The molecule has 0 aliphatic carbocycles. The Morgan fingerprint density at radius 2 is 1.88 bits per heavy atom. The molecule has 0 unspecified atom stereocenters. The van der Waals surface area contributed by atoms with E-state index in [1.807, 2.05) is 5.01 Å². The Bertz CT molecular complexity index is 744. The van der Waals surface area contributed by atoms with Gasteiger partial charge >= 0.3 is 6.03 Å². The minimum Gasteiger partial charge on any atom is -0.379 e. The number of hydrogen-bond acceptors (Lipinski definition) is 6. The smallest absolute Gasteiger partial charge is 0.335 e. The van der Waals surface area contributed by atoms with E-state index in [2.05, 4.69) is 10.7 Å². The van der Waals surface area contributed by atoms with Gasteiger partial charge < -0.3 is 10.2 Å². The summed E-state index contributed by atoms with van der Waals surface area (Å²) < 4.78 is 5.29. The molecule has 26 heavy (non-hydrogen) atoms. The number of rotatable bonds is 4. The van der Waals surface area contributed by atoms with Crippen molar-refractivity contribution in [3.8, 4) is 0 Å². The molecule has 2 saturated heterocycles. The van der Waals surface area contributed by atoms with Crippen molar-refractivity contribution < 1.29 is 19.1 Å². The van der Waals surface area contributed by atoms with Crippen molar-refractivity contribution in [1.29, 1.82) is 0 Å². The monoisotopic (exact) mass is 378 g/mol. The van der Waals surface area contributed by atoms with E-state index in [0.29, 0.717) is 42.7 Å². The van der Waals surface area contributed by atoms with Crippen LogP contribution in [-0.4, -0.2) is 49.2 Å². The number of hydrogen-bond donors (Lipinski definition) is 2. The van der Waals surface area contributed by atoms with Gasteiger partial charge in [-0.3, -0.25) is 14.9 Å². The van der Waals surface area contributed by atoms with E-state index in [1.165, 1.54) is 0 Å². The van der Waals surface area contributed by atoms with Gasteiger partial charge in [-0.1, -0.05) is 17.7 Å². The van der Waals surface area contributed by atoms with Gasteiger partial charge in [-0.25, -0.2) is 14.7 Å². The second kappa shape index (κ2) is 7.86. The van der Waals surface area contributed by atoms with Gasteiger partial charge in [-0.2, -0.15) is 0 Å². The second-order valence-electron chi connectivity index (χ2n) is 5.83. The summed E-state index contributed by atoms with van der Waals surface area (Å²) in [6, 6.07) is 5.48. The van der Waals surface area contributed by atoms with Crippen LogP contribution in [0.1, 0.15) is 6.92 Å². The normalized spacial score (nSPS) is 22.4. The average molecular weight is 379 g/mol. The number of allylic oxidation sites excluding steroid dienone is 1. The number of carbonyl (C=O) groups is 3. The molecular formula is C17H19ClN4O4. The number of urea groups is 1. The fourth-order valence-electron chi connectivity index (χ4n) is 2.84. The summed E-state index contributed by atoms with van der Waals surface area (Å²) in [5, 5.41) is 4.60. The molecule has 1 atom stereocenters. The lowest BCUT2D eigenvalue weighted by Crippen LogP contribution is -2.60. The summed E-state index contributed by atoms with van der Waals surface area (Å²) in [6.45, 7) is 4.10. The molecule has 4 amide bonds. The van der Waals surface area contributed by atoms with Gasteiger partial charge in [0.15, 0.2) is 5.92 Å². The number of carbonyl (C=O) groups excluding carboxylic acids is 3. The topological polar surface area (TPSA) is 91.0 Å². The number of hydrazine groups is 1. The predicted octanol–water partition coefficient (Wildman–Crippen LogP) is 1.28. The lowest BCUT2D eigenvalue weighted by Gasteiger charge is -2.35. The van der Waals surface area contributed by atoms with Crippen molar-refractivity contribution in [2.45, 2.75) is 6.92 Å². The maximum absolute atomic E-state index is 13.0. The lowest BCUT2D eigenvalue weighted by molar-refractivity contribution is -0.133. The van der Waals surface area contributed by atoms with Crippen molar-refractivity contribution in [2.24, 2.45) is 5.92 Å². The molecule has 0 aromatic heterocycles. The summed E-state index contributed by atoms with van der Waals surface area (Å²) in [7, 11) is 0. The number of barbiturate groups is 1. The van der Waals surface area contributed by atoms with Crippen LogP contribution in [0.4, 0.5) is 10.5 Å². The summed E-state index contributed by atoms with van der Waals surface area (Å²) >= 11 is 5.86. The number of amides is 4. The molecule has 2 fully saturated rings. The molecule has 3 rings (SSSR count). The fourth-order valence-corrected chi connectivity index (χ4v) is 2.96. The highest BCUT2D eigenvalue weighted by Gasteiger charge is 2.43. The third kappa shape index (κ3) is 3.72. The molecule has 1 aromatic rings. The second-order valence-corrected chi connectivity index (χ2v) is 6.27. The van der Waals surface area contributed by atoms with Gasteiger partial charge in [0, 0.05) is 23.8 Å². The van der Waals surface area contributed by atoms with Crippen molar-refractivity contribution in [1.82, 2.24) is 15.8 Å². The molecule has 2 heterocycles. The molecule has 0 bridgehead atoms. The number of morpholine rings is 1. The van der Waals surface area contributed by atoms with E-state index in [4.69, 9.17) is 16.3 Å². The Morgan fingerprint density at radius 1 is 1.23 bits per heavy atom. The van der Waals surface area contributed by atoms with Gasteiger partial charge in [0.25, 0.3) is 5.91 Å². The van der Waals surface area contributed by atoms with Crippen LogP contribution in [0, 0.1) is 5.92 Å². The summed E-state index contributed by atoms with van der Waals surface area (Å²) in [4.78, 5) is 38.5. The number of halogens is 1. The van der Waals surface area contributed by atoms with Crippen LogP contribution in [0.25, 0.3) is 0 Å². The first-order chi connectivity index (χ1) is 12.5. The van der Waals surface area contributed by atoms with Crippen molar-refractivity contribution in [3.63, 3.8) is 0 Å². The van der Waals surface area contributed by atoms with Crippen LogP contribution in [0.2, 0.25) is 5.02 Å². The molecular weight excluding hydrogens is 360 g/mol. The molecule has 2 aliphatic rings. The Hall–Kier alpha value is -2.42. The minimum atomic E-state index is -1.14. The van der Waals surface area contributed by atoms with Crippen LogP contribution in [0.15, 0.2) is 36.0 Å². The van der Waals surface area contributed by atoms with E-state index in [1.54, 1.807) is 37.3 Å². The van der Waals surface area contributed by atoms with E-state index in [0.717, 1.165) is 4.90 Å². The van der Waals surface area contributed by atoms with Crippen molar-refractivity contribution >= 4 is 35.1 Å². The Morgan fingerprint density at radius 3 is 2.50 bits per heavy atom. The molecule has 2 N–H and O–H groups in total. The molecule has 1 aromatic carbocycles. The van der Waals surface area contributed by atoms with Gasteiger partial charge in [0.2, 0.25) is 5.91 Å². The first-order valence-corrected chi connectivity index (χ1v) is 8.59. The van der Waals surface area contributed by atoms with E-state index < -0.39 is 23.8 Å². The van der Waals surface area contributed by atoms with E-state index in [9.17, 15) is 14.4 Å². The van der Waals surface area contributed by atoms with Gasteiger partial charge in [-0.15, -0.1) is 0 Å². The van der Waals surface area contributed by atoms with Crippen LogP contribution < -0.4 is 15.6 Å². The van der Waals surface area contributed by atoms with Gasteiger partial charge in [0.05, 0.1) is 18.9 Å². The van der Waals surface area contributed by atoms with E-state index in [-0.39, 0.29) is 0 Å². The number of anilines is 1. The van der Waals surface area contributed by atoms with Gasteiger partial charge in [0.1, 0.15) is 0 Å². The average Bonchev–Trinajstić information content (AvgIpc) is 2.63. The summed E-state index contributed by atoms with van der Waals surface area (Å²) in [6.07, 6.45) is 1.66. The number of nitrogens with zero attached hydrogens (tertiary/aromatic N) is 2. The predicted molar refractivity (Wildman–Crippen MR) is 95.3 cm³/mol. The fraction of sp³-hybridized carbons (Fsp3) is 0.353. The van der Waals surface area contributed by atoms with Crippen LogP contribution in [0.5, 0.6) is 0 Å². The summed E-state index contributed by atoms with van der Waals surface area (Å²) in [5.41, 5.74) is 3.87. The van der Waals surface area contributed by atoms with Crippen LogP contribution in [-0.2, 0) is 14.3 Å². The highest BCUT2D eigenvalue weighted by atomic mass is 35.5. The third-order valence-electron chi connectivity index (χ3n) is 4.17. The SMILES string of the molecule is C/C=C(/NN1CCOCC1)[C@@H]1C(=O)NC(=O)N(c2ccc(Cl)cc2)C1=O. The lowest BCUT2D eigenvalue weighted by atomic mass is 10.00. The molecule has 0 radical (unpaired) electrons. The standard InChI is InChI=1S/C17H19ClN4O4/c1-2-13(20-21-7-9-26-10-8-21)14-15(23)19-17(25)22(16(14)24)12-5-3-11(18)4-6-12/h2-6,14,20H,7-10H2,1H3,(H,19,23,25)/b13-2+/t14-/m1/s1. The zero-order valence-corrected chi connectivity index (χ0v) is 15.0. The largest absolute Gasteiger partial charge is 0.379 e. The minimum absolute atomic E-state index is 0.344. The van der Waals surface area contributed by atoms with Crippen LogP contribution >= 0.6 is 11.6 Å². The molecule has 9 heteroatoms. The maximum atomic E-state index is 13.0. The Kier molecular flexibility index (Phi) is 5.55. The number of ether oxygens (including phenoxy) is 1. The Labute approximate surface area is 155 Å². The third-order valence-corrected chi connectivity index (χ3v) is 4.42. The highest BCUT2D eigenvalue weighted by Crippen LogP contribution is 2.25. The van der Waals surface area contributed by atoms with E-state index >= 15 is 0 Å². The molecule has 0 spiro atoms. The number of imide groups is 2. The highest BCUT2D eigenvalue weighted by molar-refractivity contribution is 6.31. The van der Waals surface area contributed by atoms with Gasteiger partial charge in [-0.05, 0) is 31.2 Å². The zero-order chi connectivity index (χ0) is 18.7. The molecule has 2 aliphatic heterocycles. The summed E-state index contributed by atoms with van der Waals surface area (Å²) in [5.74, 6) is -2.41. The Balaban J connectivity index is 1.85. The van der Waals surface area contributed by atoms with Crippen molar-refractivity contribution in [3.05, 3.63) is 41.1 Å². The first-order valence-electron chi connectivity index (χ1n) is 8.21. The number of nitrogens with one attached hydrogen (secondary N) is 2. The maximum Gasteiger partial charge on any atom is 0.335 e. The zero-order valence-electron chi connectivity index (χ0n) is 14.2. The molecule has 0 saturated carbocycles. The van der Waals surface area contributed by atoms with Crippen molar-refractivity contribution in [2.75, 3.05) is 31.2 Å². The van der Waals surface area contributed by atoms with Crippen LogP contribution in [0.3, 0.4) is 0 Å². The molecule has 138 valence electrons. The quantitative estimate of drug-likeness (QED) is 0.767. The number of benzene rings is 1. The molecule has 8 nitrogen and oxygen atoms in total.